The van der Waals surface area contributed by atoms with Gasteiger partial charge in [0.1, 0.15) is 0 Å². The third kappa shape index (κ3) is 4.61. The van der Waals surface area contributed by atoms with Crippen LogP contribution in [0.1, 0.15) is 40.0 Å². The lowest BCUT2D eigenvalue weighted by Gasteiger charge is -2.22. The van der Waals surface area contributed by atoms with E-state index in [1.54, 1.807) is 0 Å². The Kier molecular flexibility index (Phi) is 7.48. The van der Waals surface area contributed by atoms with Gasteiger partial charge in [-0.15, -0.1) is 0 Å². The zero-order chi connectivity index (χ0) is 11.0. The van der Waals surface area contributed by atoms with Crippen LogP contribution < -0.4 is 5.73 Å². The van der Waals surface area contributed by atoms with Gasteiger partial charge in [0.15, 0.2) is 0 Å². The maximum Gasteiger partial charge on any atom is 0.222 e. The highest BCUT2D eigenvalue weighted by molar-refractivity contribution is 5.76. The van der Waals surface area contributed by atoms with E-state index in [0.29, 0.717) is 18.9 Å². The van der Waals surface area contributed by atoms with Crippen molar-refractivity contribution in [3.63, 3.8) is 0 Å². The van der Waals surface area contributed by atoms with Gasteiger partial charge in [0.05, 0.1) is 0 Å². The third-order valence-corrected chi connectivity index (χ3v) is 2.60. The van der Waals surface area contributed by atoms with E-state index in [2.05, 4.69) is 13.8 Å². The molecule has 14 heavy (non-hydrogen) atoms. The number of carbonyl (C=O) groups excluding carboxylic acids is 1. The minimum absolute atomic E-state index is 0.256. The maximum absolute atomic E-state index is 11.8. The molecule has 0 radical (unpaired) electrons. The molecule has 84 valence electrons. The molecule has 0 heterocycles. The molecule has 3 heteroatoms. The van der Waals surface area contributed by atoms with Gasteiger partial charge in [0.25, 0.3) is 0 Å². The number of nitrogens with two attached hydrogens (primary N) is 1. The highest BCUT2D eigenvalue weighted by Crippen LogP contribution is 2.08. The molecule has 1 unspecified atom stereocenters. The summed E-state index contributed by atoms with van der Waals surface area (Å²) in [6, 6.07) is 0. The van der Waals surface area contributed by atoms with Crippen molar-refractivity contribution in [1.82, 2.24) is 4.90 Å². The summed E-state index contributed by atoms with van der Waals surface area (Å²) in [6.45, 7) is 8.50. The molecule has 1 amide bonds. The summed E-state index contributed by atoms with van der Waals surface area (Å²) in [4.78, 5) is 13.7. The second-order valence-electron chi connectivity index (χ2n) is 3.69. The van der Waals surface area contributed by atoms with Gasteiger partial charge in [0, 0.05) is 19.5 Å². The molecule has 0 aliphatic rings. The van der Waals surface area contributed by atoms with Crippen LogP contribution in [0.4, 0.5) is 0 Å². The van der Waals surface area contributed by atoms with Crippen molar-refractivity contribution in [3.05, 3.63) is 0 Å². The van der Waals surface area contributed by atoms with Crippen LogP contribution in [-0.2, 0) is 4.79 Å². The smallest absolute Gasteiger partial charge is 0.222 e. The Hall–Kier alpha value is -0.570. The summed E-state index contributed by atoms with van der Waals surface area (Å²) >= 11 is 0. The van der Waals surface area contributed by atoms with Crippen molar-refractivity contribution < 1.29 is 4.79 Å². The average Bonchev–Trinajstić information content (AvgIpc) is 2.22. The van der Waals surface area contributed by atoms with Crippen LogP contribution in [0.3, 0.4) is 0 Å². The molecular weight excluding hydrogens is 176 g/mol. The average molecular weight is 200 g/mol. The van der Waals surface area contributed by atoms with E-state index in [1.807, 2.05) is 11.8 Å². The van der Waals surface area contributed by atoms with E-state index in [-0.39, 0.29) is 5.91 Å². The van der Waals surface area contributed by atoms with Crippen LogP contribution in [0.5, 0.6) is 0 Å². The molecule has 0 aromatic carbocycles. The molecule has 0 aromatic heterocycles. The van der Waals surface area contributed by atoms with Crippen molar-refractivity contribution in [2.24, 2.45) is 11.7 Å². The molecule has 3 nitrogen and oxygen atoms in total. The van der Waals surface area contributed by atoms with Crippen molar-refractivity contribution >= 4 is 5.91 Å². The molecule has 0 spiro atoms. The Morgan fingerprint density at radius 2 is 2.00 bits per heavy atom. The summed E-state index contributed by atoms with van der Waals surface area (Å²) in [5.41, 5.74) is 5.58. The Morgan fingerprint density at radius 3 is 2.36 bits per heavy atom. The van der Waals surface area contributed by atoms with Crippen molar-refractivity contribution in [2.45, 2.75) is 40.0 Å². The van der Waals surface area contributed by atoms with E-state index in [1.165, 1.54) is 0 Å². The first kappa shape index (κ1) is 13.4. The van der Waals surface area contributed by atoms with E-state index < -0.39 is 0 Å². The summed E-state index contributed by atoms with van der Waals surface area (Å²) in [7, 11) is 0. The summed E-state index contributed by atoms with van der Waals surface area (Å²) in [6.07, 6.45) is 2.63. The van der Waals surface area contributed by atoms with Crippen molar-refractivity contribution in [3.8, 4) is 0 Å². The van der Waals surface area contributed by atoms with Crippen LogP contribution in [0.25, 0.3) is 0 Å². The lowest BCUT2D eigenvalue weighted by atomic mass is 10.0. The fraction of sp³-hybridized carbons (Fsp3) is 0.909. The van der Waals surface area contributed by atoms with Crippen LogP contribution in [0, 0.1) is 5.92 Å². The minimum atomic E-state index is 0.256. The van der Waals surface area contributed by atoms with E-state index in [0.717, 1.165) is 25.9 Å². The normalized spacial score (nSPS) is 12.6. The molecule has 0 saturated carbocycles. The Labute approximate surface area is 87.6 Å². The van der Waals surface area contributed by atoms with Crippen molar-refractivity contribution in [1.29, 1.82) is 0 Å². The molecule has 1 atom stereocenters. The van der Waals surface area contributed by atoms with E-state index in [9.17, 15) is 4.79 Å². The summed E-state index contributed by atoms with van der Waals surface area (Å²) in [5, 5.41) is 0. The molecule has 0 aliphatic carbocycles. The maximum atomic E-state index is 11.8. The SMILES string of the molecule is CCCN(CC)C(=O)CC(CC)CN. The van der Waals surface area contributed by atoms with Gasteiger partial charge in [0.2, 0.25) is 5.91 Å². The molecule has 0 aromatic rings. The monoisotopic (exact) mass is 200 g/mol. The zero-order valence-electron chi connectivity index (χ0n) is 9.75. The van der Waals surface area contributed by atoms with Gasteiger partial charge >= 0.3 is 0 Å². The zero-order valence-corrected chi connectivity index (χ0v) is 9.75. The fourth-order valence-electron chi connectivity index (χ4n) is 1.50. The molecule has 0 fully saturated rings. The van der Waals surface area contributed by atoms with E-state index in [4.69, 9.17) is 5.73 Å². The first-order chi connectivity index (χ1) is 6.69. The van der Waals surface area contributed by atoms with Crippen LogP contribution >= 0.6 is 0 Å². The lowest BCUT2D eigenvalue weighted by Crippen LogP contribution is -2.33. The molecule has 0 aliphatic heterocycles. The lowest BCUT2D eigenvalue weighted by molar-refractivity contribution is -0.132. The first-order valence-corrected chi connectivity index (χ1v) is 5.67. The third-order valence-electron chi connectivity index (χ3n) is 2.60. The second-order valence-corrected chi connectivity index (χ2v) is 3.69. The number of nitrogens with zero attached hydrogens (tertiary/aromatic N) is 1. The highest BCUT2D eigenvalue weighted by Gasteiger charge is 2.15. The van der Waals surface area contributed by atoms with Gasteiger partial charge in [-0.05, 0) is 25.8 Å². The molecule has 0 saturated heterocycles. The highest BCUT2D eigenvalue weighted by atomic mass is 16.2. The Bertz CT molecular complexity index is 155. The van der Waals surface area contributed by atoms with E-state index >= 15 is 0 Å². The number of hydrogen-bond donors (Lipinski definition) is 1. The number of rotatable bonds is 7. The van der Waals surface area contributed by atoms with Gasteiger partial charge in [-0.1, -0.05) is 20.3 Å². The van der Waals surface area contributed by atoms with Crippen LogP contribution in [0.2, 0.25) is 0 Å². The predicted octanol–water partition coefficient (Wildman–Crippen LogP) is 1.62. The fourth-order valence-corrected chi connectivity index (χ4v) is 1.50. The van der Waals surface area contributed by atoms with Crippen molar-refractivity contribution in [2.75, 3.05) is 19.6 Å². The number of amides is 1. The predicted molar refractivity (Wildman–Crippen MR) is 60.0 cm³/mol. The van der Waals surface area contributed by atoms with Gasteiger partial charge in [-0.3, -0.25) is 4.79 Å². The first-order valence-electron chi connectivity index (χ1n) is 5.67. The molecule has 0 rings (SSSR count). The quantitative estimate of drug-likeness (QED) is 0.679. The van der Waals surface area contributed by atoms with Crippen LogP contribution in [0.15, 0.2) is 0 Å². The van der Waals surface area contributed by atoms with Crippen LogP contribution in [-0.4, -0.2) is 30.4 Å². The largest absolute Gasteiger partial charge is 0.343 e. The standard InChI is InChI=1S/C11H24N2O/c1-4-7-13(6-3)11(14)8-10(5-2)9-12/h10H,4-9,12H2,1-3H3. The Morgan fingerprint density at radius 1 is 1.36 bits per heavy atom. The summed E-state index contributed by atoms with van der Waals surface area (Å²) < 4.78 is 0. The molecule has 0 bridgehead atoms. The topological polar surface area (TPSA) is 46.3 Å². The van der Waals surface area contributed by atoms with Gasteiger partial charge in [-0.25, -0.2) is 0 Å². The molecule has 2 N–H and O–H groups in total. The van der Waals surface area contributed by atoms with Gasteiger partial charge < -0.3 is 10.6 Å². The minimum Gasteiger partial charge on any atom is -0.343 e. The second kappa shape index (κ2) is 7.80. The number of hydrogen-bond acceptors (Lipinski definition) is 2. The number of carbonyl (C=O) groups is 1. The summed E-state index contributed by atoms with van der Waals surface area (Å²) in [5.74, 6) is 0.611. The molecular formula is C11H24N2O. The Balaban J connectivity index is 4.01. The van der Waals surface area contributed by atoms with Gasteiger partial charge in [-0.2, -0.15) is 0 Å².